The highest BCUT2D eigenvalue weighted by molar-refractivity contribution is 5.71. The van der Waals surface area contributed by atoms with Gasteiger partial charge in [-0.15, -0.1) is 0 Å². The molecule has 1 unspecified atom stereocenters. The van der Waals surface area contributed by atoms with Crippen molar-refractivity contribution in [1.82, 2.24) is 4.90 Å². The van der Waals surface area contributed by atoms with E-state index in [2.05, 4.69) is 60.3 Å². The SMILES string of the molecule is CC(=O)Oc1c(C)cc(OCC(CN(C(C)C)C(C)(C)C)OC(C)(C)C)c(C)c1C. The van der Waals surface area contributed by atoms with E-state index in [0.29, 0.717) is 18.4 Å². The summed E-state index contributed by atoms with van der Waals surface area (Å²) in [6.45, 7) is 25.9. The Kier molecular flexibility index (Phi) is 8.94. The van der Waals surface area contributed by atoms with Gasteiger partial charge in [0.15, 0.2) is 0 Å². The maximum absolute atomic E-state index is 11.4. The summed E-state index contributed by atoms with van der Waals surface area (Å²) in [7, 11) is 0. The van der Waals surface area contributed by atoms with Crippen molar-refractivity contribution in [3.8, 4) is 11.5 Å². The molecule has 0 aliphatic heterocycles. The van der Waals surface area contributed by atoms with Crippen LogP contribution in [0.5, 0.6) is 11.5 Å². The molecule has 1 aromatic rings. The third kappa shape index (κ3) is 7.92. The number of benzene rings is 1. The molecule has 0 aliphatic carbocycles. The zero-order chi connectivity index (χ0) is 23.4. The largest absolute Gasteiger partial charge is 0.491 e. The monoisotopic (exact) mass is 421 g/mol. The fourth-order valence-corrected chi connectivity index (χ4v) is 3.76. The predicted octanol–water partition coefficient (Wildman–Crippen LogP) is 5.61. The van der Waals surface area contributed by atoms with Crippen LogP contribution in [0.25, 0.3) is 0 Å². The minimum absolute atomic E-state index is 0.0302. The van der Waals surface area contributed by atoms with Crippen molar-refractivity contribution in [2.45, 2.75) is 106 Å². The highest BCUT2D eigenvalue weighted by atomic mass is 16.5. The fraction of sp³-hybridized carbons (Fsp3) is 0.720. The second-order valence-electron chi connectivity index (χ2n) is 10.4. The molecule has 30 heavy (non-hydrogen) atoms. The first-order valence-corrected chi connectivity index (χ1v) is 10.9. The van der Waals surface area contributed by atoms with Gasteiger partial charge in [0.2, 0.25) is 0 Å². The van der Waals surface area contributed by atoms with E-state index in [1.54, 1.807) is 0 Å². The first-order chi connectivity index (χ1) is 13.5. The Morgan fingerprint density at radius 2 is 1.60 bits per heavy atom. The van der Waals surface area contributed by atoms with Crippen molar-refractivity contribution in [3.63, 3.8) is 0 Å². The summed E-state index contributed by atoms with van der Waals surface area (Å²) in [6, 6.07) is 2.34. The Bertz CT molecular complexity index is 726. The Morgan fingerprint density at radius 3 is 2.03 bits per heavy atom. The highest BCUT2D eigenvalue weighted by Gasteiger charge is 2.30. The van der Waals surface area contributed by atoms with E-state index in [0.717, 1.165) is 29.0 Å². The van der Waals surface area contributed by atoms with E-state index in [1.807, 2.05) is 26.8 Å². The quantitative estimate of drug-likeness (QED) is 0.403. The number of ether oxygens (including phenoxy) is 3. The fourth-order valence-electron chi connectivity index (χ4n) is 3.76. The van der Waals surface area contributed by atoms with Crippen LogP contribution in [0.1, 0.15) is 79.0 Å². The molecule has 0 saturated heterocycles. The van der Waals surface area contributed by atoms with Gasteiger partial charge in [-0.25, -0.2) is 0 Å². The summed E-state index contributed by atoms with van der Waals surface area (Å²) in [5.41, 5.74) is 2.54. The van der Waals surface area contributed by atoms with E-state index in [-0.39, 0.29) is 23.2 Å². The highest BCUT2D eigenvalue weighted by Crippen LogP contribution is 2.33. The van der Waals surface area contributed by atoms with Crippen molar-refractivity contribution in [2.75, 3.05) is 13.2 Å². The van der Waals surface area contributed by atoms with Crippen LogP contribution >= 0.6 is 0 Å². The van der Waals surface area contributed by atoms with Crippen LogP contribution in [0.4, 0.5) is 0 Å². The molecule has 5 nitrogen and oxygen atoms in total. The molecule has 0 saturated carbocycles. The van der Waals surface area contributed by atoms with Gasteiger partial charge in [0, 0.05) is 25.0 Å². The van der Waals surface area contributed by atoms with Gasteiger partial charge < -0.3 is 14.2 Å². The maximum Gasteiger partial charge on any atom is 0.308 e. The molecule has 0 radical (unpaired) electrons. The number of carbonyl (C=O) groups excluding carboxylic acids is 1. The standard InChI is InChI=1S/C25H43NO4/c1-16(2)26(24(7,8)9)14-21(30-25(10,11)12)15-28-22-13-17(3)23(29-20(6)27)19(5)18(22)4/h13,16,21H,14-15H2,1-12H3. The summed E-state index contributed by atoms with van der Waals surface area (Å²) in [6.07, 6.45) is -0.0835. The van der Waals surface area contributed by atoms with E-state index in [4.69, 9.17) is 14.2 Å². The number of aryl methyl sites for hydroxylation is 1. The van der Waals surface area contributed by atoms with Gasteiger partial charge in [0.1, 0.15) is 24.2 Å². The number of hydrogen-bond donors (Lipinski definition) is 0. The molecule has 1 atom stereocenters. The number of rotatable bonds is 8. The summed E-state index contributed by atoms with van der Waals surface area (Å²) in [5, 5.41) is 0. The van der Waals surface area contributed by atoms with Gasteiger partial charge in [-0.3, -0.25) is 9.69 Å². The Balaban J connectivity index is 3.10. The minimum Gasteiger partial charge on any atom is -0.491 e. The predicted molar refractivity (Wildman–Crippen MR) is 124 cm³/mol. The number of nitrogens with zero attached hydrogens (tertiary/aromatic N) is 1. The zero-order valence-electron chi connectivity index (χ0n) is 21.2. The van der Waals surface area contributed by atoms with Crippen molar-refractivity contribution in [2.24, 2.45) is 0 Å². The number of hydrogen-bond acceptors (Lipinski definition) is 5. The molecule has 1 rings (SSSR count). The summed E-state index contributed by atoms with van der Waals surface area (Å²) in [4.78, 5) is 13.9. The third-order valence-corrected chi connectivity index (χ3v) is 5.05. The summed E-state index contributed by atoms with van der Waals surface area (Å²) < 4.78 is 18.0. The smallest absolute Gasteiger partial charge is 0.308 e. The van der Waals surface area contributed by atoms with Gasteiger partial charge in [-0.2, -0.15) is 0 Å². The molecule has 0 heterocycles. The van der Waals surface area contributed by atoms with Crippen LogP contribution in [-0.2, 0) is 9.53 Å². The van der Waals surface area contributed by atoms with Crippen molar-refractivity contribution in [3.05, 3.63) is 22.8 Å². The van der Waals surface area contributed by atoms with Crippen LogP contribution in [0, 0.1) is 20.8 Å². The minimum atomic E-state index is -0.316. The number of carbonyl (C=O) groups is 1. The first kappa shape index (κ1) is 26.4. The van der Waals surface area contributed by atoms with E-state index in [9.17, 15) is 4.79 Å². The lowest BCUT2D eigenvalue weighted by Gasteiger charge is -2.42. The van der Waals surface area contributed by atoms with Crippen LogP contribution in [0.3, 0.4) is 0 Å². The van der Waals surface area contributed by atoms with Crippen LogP contribution < -0.4 is 9.47 Å². The Labute approximate surface area is 184 Å². The van der Waals surface area contributed by atoms with Gasteiger partial charge in [-0.05, 0) is 98.9 Å². The number of esters is 1. The molecule has 5 heteroatoms. The average Bonchev–Trinajstić information content (AvgIpc) is 2.55. The lowest BCUT2D eigenvalue weighted by atomic mass is 10.0. The normalized spacial score (nSPS) is 13.7. The molecule has 0 aliphatic rings. The molecule has 0 amide bonds. The maximum atomic E-state index is 11.4. The van der Waals surface area contributed by atoms with Crippen molar-refractivity contribution >= 4 is 5.97 Å². The van der Waals surface area contributed by atoms with Gasteiger partial charge in [0.25, 0.3) is 0 Å². The molecule has 0 aromatic heterocycles. The second-order valence-corrected chi connectivity index (χ2v) is 10.4. The summed E-state index contributed by atoms with van der Waals surface area (Å²) in [5.74, 6) is 1.10. The Hall–Kier alpha value is -1.59. The molecular formula is C25H43NO4. The van der Waals surface area contributed by atoms with Crippen LogP contribution in [0.2, 0.25) is 0 Å². The Morgan fingerprint density at radius 1 is 1.03 bits per heavy atom. The van der Waals surface area contributed by atoms with E-state index < -0.39 is 0 Å². The van der Waals surface area contributed by atoms with Crippen molar-refractivity contribution in [1.29, 1.82) is 0 Å². The van der Waals surface area contributed by atoms with Crippen LogP contribution in [-0.4, -0.2) is 47.3 Å². The molecule has 1 aromatic carbocycles. The topological polar surface area (TPSA) is 48.0 Å². The zero-order valence-corrected chi connectivity index (χ0v) is 21.2. The average molecular weight is 422 g/mol. The molecule has 0 fully saturated rings. The lowest BCUT2D eigenvalue weighted by Crippen LogP contribution is -2.51. The molecule has 172 valence electrons. The molecule has 0 spiro atoms. The molecular weight excluding hydrogens is 378 g/mol. The first-order valence-electron chi connectivity index (χ1n) is 10.9. The molecule has 0 bridgehead atoms. The lowest BCUT2D eigenvalue weighted by molar-refractivity contribution is -0.131. The summed E-state index contributed by atoms with van der Waals surface area (Å²) >= 11 is 0. The van der Waals surface area contributed by atoms with E-state index >= 15 is 0 Å². The molecule has 0 N–H and O–H groups in total. The van der Waals surface area contributed by atoms with Gasteiger partial charge >= 0.3 is 5.97 Å². The second kappa shape index (κ2) is 10.1. The van der Waals surface area contributed by atoms with Crippen molar-refractivity contribution < 1.29 is 19.0 Å². The van der Waals surface area contributed by atoms with Crippen LogP contribution in [0.15, 0.2) is 6.07 Å². The van der Waals surface area contributed by atoms with E-state index in [1.165, 1.54) is 6.92 Å². The van der Waals surface area contributed by atoms with Gasteiger partial charge in [0.05, 0.1) is 5.60 Å². The van der Waals surface area contributed by atoms with Gasteiger partial charge in [-0.1, -0.05) is 0 Å². The third-order valence-electron chi connectivity index (χ3n) is 5.05.